The van der Waals surface area contributed by atoms with Crippen molar-refractivity contribution in [1.82, 2.24) is 14.8 Å². The van der Waals surface area contributed by atoms with Crippen LogP contribution >= 0.6 is 11.6 Å². The molecule has 2 fully saturated rings. The molecule has 3 aliphatic rings. The molecule has 10 nitrogen and oxygen atoms in total. The zero-order valence-electron chi connectivity index (χ0n) is 32.0. The van der Waals surface area contributed by atoms with Crippen molar-refractivity contribution in [3.8, 4) is 17.6 Å². The van der Waals surface area contributed by atoms with Gasteiger partial charge in [-0.15, -0.1) is 0 Å². The molecule has 0 saturated carbocycles. The number of aliphatic hydroxyl groups is 1. The van der Waals surface area contributed by atoms with E-state index in [-0.39, 0.29) is 31.8 Å². The largest absolute Gasteiger partial charge is 0.489 e. The molecule has 4 atom stereocenters. The Morgan fingerprint density at radius 1 is 1.05 bits per heavy atom. The first-order valence-corrected chi connectivity index (χ1v) is 19.9. The number of aliphatic hydroxyl groups excluding tert-OH is 1. The number of nitrogens with zero attached hydrogens (tertiary/aromatic N) is 4. The molecule has 3 aromatic rings. The lowest BCUT2D eigenvalue weighted by molar-refractivity contribution is -0.144. The van der Waals surface area contributed by atoms with Crippen LogP contribution in [0.5, 0.6) is 11.5 Å². The molecule has 3 heterocycles. The first-order chi connectivity index (χ1) is 26.7. The molecule has 1 aromatic heterocycles. The van der Waals surface area contributed by atoms with Crippen LogP contribution in [-0.2, 0) is 22.7 Å². The molecule has 0 spiro atoms. The van der Waals surface area contributed by atoms with E-state index in [0.29, 0.717) is 48.2 Å². The van der Waals surface area contributed by atoms with Gasteiger partial charge in [0.05, 0.1) is 17.2 Å². The molecule has 2 saturated heterocycles. The van der Waals surface area contributed by atoms with Gasteiger partial charge in [0.15, 0.2) is 0 Å². The fourth-order valence-corrected chi connectivity index (χ4v) is 8.41. The van der Waals surface area contributed by atoms with Crippen molar-refractivity contribution >= 4 is 23.1 Å². The fourth-order valence-electron chi connectivity index (χ4n) is 8.17. The molecule has 292 valence electrons. The molecular formula is C44H53ClN4O6. The van der Waals surface area contributed by atoms with E-state index in [1.807, 2.05) is 17.0 Å². The van der Waals surface area contributed by atoms with Gasteiger partial charge in [0.1, 0.15) is 42.4 Å². The van der Waals surface area contributed by atoms with E-state index in [0.717, 1.165) is 73.9 Å². The topological polar surface area (TPSA) is 128 Å². The van der Waals surface area contributed by atoms with Crippen molar-refractivity contribution in [3.05, 3.63) is 106 Å². The van der Waals surface area contributed by atoms with Gasteiger partial charge in [-0.2, -0.15) is 5.26 Å². The zero-order valence-corrected chi connectivity index (χ0v) is 32.7. The van der Waals surface area contributed by atoms with Crippen LogP contribution in [0.4, 0.5) is 0 Å². The van der Waals surface area contributed by atoms with E-state index in [9.17, 15) is 20.3 Å². The van der Waals surface area contributed by atoms with Gasteiger partial charge < -0.3 is 24.4 Å². The Morgan fingerprint density at radius 3 is 2.64 bits per heavy atom. The third-order valence-electron chi connectivity index (χ3n) is 11.4. The van der Waals surface area contributed by atoms with Gasteiger partial charge in [-0.05, 0) is 87.0 Å². The first-order valence-electron chi connectivity index (χ1n) is 19.5. The summed E-state index contributed by atoms with van der Waals surface area (Å²) in [6, 6.07) is 15.4. The molecule has 0 radical (unpaired) electrons. The number of rotatable bonds is 16. The maximum atomic E-state index is 12.2. The molecule has 11 heteroatoms. The maximum absolute atomic E-state index is 12.2. The number of aromatic nitrogens is 1. The minimum atomic E-state index is -0.837. The van der Waals surface area contributed by atoms with Crippen LogP contribution in [0.15, 0.2) is 73.1 Å². The van der Waals surface area contributed by atoms with Crippen LogP contribution in [0, 0.1) is 24.2 Å². The van der Waals surface area contributed by atoms with Crippen molar-refractivity contribution in [2.75, 3.05) is 39.5 Å². The van der Waals surface area contributed by atoms with Gasteiger partial charge in [0.25, 0.3) is 0 Å². The summed E-state index contributed by atoms with van der Waals surface area (Å²) in [4.78, 5) is 20.7. The number of carboxylic acids is 1. The van der Waals surface area contributed by atoms with Crippen LogP contribution in [0.1, 0.15) is 79.7 Å². The first kappa shape index (κ1) is 40.4. The Kier molecular flexibility index (Phi) is 14.0. The Labute approximate surface area is 330 Å². The van der Waals surface area contributed by atoms with E-state index in [2.05, 4.69) is 66.2 Å². The summed E-state index contributed by atoms with van der Waals surface area (Å²) in [5.74, 6) is 0.0295. The van der Waals surface area contributed by atoms with Crippen molar-refractivity contribution < 1.29 is 29.2 Å². The number of hydrogen-bond donors (Lipinski definition) is 2. The van der Waals surface area contributed by atoms with Gasteiger partial charge in [-0.3, -0.25) is 19.6 Å². The van der Waals surface area contributed by atoms with Crippen molar-refractivity contribution in [3.63, 3.8) is 0 Å². The van der Waals surface area contributed by atoms with E-state index >= 15 is 0 Å². The van der Waals surface area contributed by atoms with Crippen molar-refractivity contribution in [1.29, 1.82) is 5.26 Å². The Morgan fingerprint density at radius 2 is 1.85 bits per heavy atom. The Hall–Kier alpha value is -4.24. The predicted molar refractivity (Wildman–Crippen MR) is 213 cm³/mol. The summed E-state index contributed by atoms with van der Waals surface area (Å²) >= 11 is 7.00. The van der Waals surface area contributed by atoms with Gasteiger partial charge in [-0.25, -0.2) is 0 Å². The molecule has 2 N–H and O–H groups in total. The van der Waals surface area contributed by atoms with Crippen LogP contribution in [-0.4, -0.2) is 88.1 Å². The minimum absolute atomic E-state index is 0.0699. The van der Waals surface area contributed by atoms with Gasteiger partial charge >= 0.3 is 5.97 Å². The number of nitriles is 1. The lowest BCUT2D eigenvalue weighted by Crippen LogP contribution is -2.46. The molecule has 0 bridgehead atoms. The number of aliphatic carboxylic acids is 1. The highest BCUT2D eigenvalue weighted by atomic mass is 35.5. The van der Waals surface area contributed by atoms with E-state index in [4.69, 9.17) is 25.8 Å². The molecular weight excluding hydrogens is 716 g/mol. The second-order valence-corrected chi connectivity index (χ2v) is 15.4. The number of carboxylic acid groups (broad SMARTS) is 1. The maximum Gasteiger partial charge on any atom is 0.320 e. The van der Waals surface area contributed by atoms with E-state index < -0.39 is 17.6 Å². The predicted octanol–water partition coefficient (Wildman–Crippen LogP) is 7.59. The van der Waals surface area contributed by atoms with Crippen LogP contribution in [0.25, 0.3) is 5.57 Å². The third kappa shape index (κ3) is 9.96. The molecule has 0 amide bonds. The highest BCUT2D eigenvalue weighted by Crippen LogP contribution is 2.42. The Bertz CT molecular complexity index is 1890. The number of piperidine rings is 2. The second-order valence-electron chi connectivity index (χ2n) is 15.0. The lowest BCUT2D eigenvalue weighted by atomic mass is 9.76. The smallest absolute Gasteiger partial charge is 0.320 e. The van der Waals surface area contributed by atoms with Crippen molar-refractivity contribution in [2.45, 2.75) is 89.6 Å². The third-order valence-corrected chi connectivity index (χ3v) is 11.7. The number of ether oxygens (including phenoxy) is 3. The van der Waals surface area contributed by atoms with E-state index in [1.165, 1.54) is 11.8 Å². The van der Waals surface area contributed by atoms with Crippen LogP contribution in [0.3, 0.4) is 0 Å². The number of hydrogen-bond acceptors (Lipinski definition) is 9. The van der Waals surface area contributed by atoms with Crippen LogP contribution < -0.4 is 9.47 Å². The minimum Gasteiger partial charge on any atom is -0.489 e. The summed E-state index contributed by atoms with van der Waals surface area (Å²) in [6.07, 6.45) is 15.9. The van der Waals surface area contributed by atoms with Gasteiger partial charge in [0.2, 0.25) is 0 Å². The van der Waals surface area contributed by atoms with Gasteiger partial charge in [0, 0.05) is 61.2 Å². The SMILES string of the molecule is Cc1ccccc1C1=CC=CC(COc2cc(OCc3cncc(C#N)c3)c(CN3CCCC[C@H]3C(=O)O)cc2Cl)(OCCCN2CCCCC2CO)C1C. The van der Waals surface area contributed by atoms with E-state index in [1.54, 1.807) is 18.3 Å². The summed E-state index contributed by atoms with van der Waals surface area (Å²) in [6.45, 7) is 8.13. The summed E-state index contributed by atoms with van der Waals surface area (Å²) < 4.78 is 20.0. The number of allylic oxidation sites excluding steroid dienone is 2. The molecule has 6 rings (SSSR count). The second kappa shape index (κ2) is 19.1. The number of likely N-dealkylation sites (tertiary alicyclic amines) is 2. The molecule has 2 aromatic carbocycles. The summed E-state index contributed by atoms with van der Waals surface area (Å²) in [5.41, 5.74) is 4.59. The summed E-state index contributed by atoms with van der Waals surface area (Å²) in [5, 5.41) is 29.7. The quantitative estimate of drug-likeness (QED) is 0.141. The fraction of sp³-hybridized carbons (Fsp3) is 0.477. The van der Waals surface area contributed by atoms with Gasteiger partial charge in [-0.1, -0.05) is 67.8 Å². The number of pyridine rings is 1. The monoisotopic (exact) mass is 768 g/mol. The average Bonchev–Trinajstić information content (AvgIpc) is 3.20. The van der Waals surface area contributed by atoms with Crippen LogP contribution in [0.2, 0.25) is 5.02 Å². The molecule has 2 aliphatic heterocycles. The Balaban J connectivity index is 1.26. The number of benzene rings is 2. The number of halogens is 1. The summed E-state index contributed by atoms with van der Waals surface area (Å²) in [7, 11) is 0. The highest BCUT2D eigenvalue weighted by Gasteiger charge is 2.40. The molecule has 3 unspecified atom stereocenters. The lowest BCUT2D eigenvalue weighted by Gasteiger charge is -2.40. The number of aryl methyl sites for hydroxylation is 1. The normalized spacial score (nSPS) is 23.2. The standard InChI is InChI=1S/C44H53ClN4O6/c1-31-11-3-4-13-37(31)38-14-9-16-44(32(38)2,55-20-10-19-48-17-7-5-12-36(48)28-50)30-54-42-23-41(53-29-34-21-33(24-46)25-47-26-34)35(22-39(42)45)27-49-18-8-6-15-40(49)43(51)52/h3-4,9,11,13-14,16,21-23,25-26,32,36,40,50H,5-8,10,12,15,17-20,27-30H2,1-2H3,(H,51,52)/t32?,36?,40-,44?/m0/s1. The zero-order chi connectivity index (χ0) is 38.8. The molecule has 1 aliphatic carbocycles. The van der Waals surface area contributed by atoms with Crippen molar-refractivity contribution in [2.24, 2.45) is 5.92 Å². The average molecular weight is 769 g/mol. The highest BCUT2D eigenvalue weighted by molar-refractivity contribution is 6.32. The molecule has 55 heavy (non-hydrogen) atoms. The number of carbonyl (C=O) groups is 1.